The molecule has 0 saturated carbocycles. The van der Waals surface area contributed by atoms with E-state index in [1.807, 2.05) is 26.0 Å². The monoisotopic (exact) mass is 394 g/mol. The van der Waals surface area contributed by atoms with E-state index >= 15 is 0 Å². The molecule has 1 atom stereocenters. The number of carbonyl (C=O) groups is 1. The summed E-state index contributed by atoms with van der Waals surface area (Å²) in [4.78, 5) is 15.1. The second kappa shape index (κ2) is 10.4. The van der Waals surface area contributed by atoms with E-state index in [4.69, 9.17) is 4.74 Å². The molecule has 1 aliphatic heterocycles. The third kappa shape index (κ3) is 6.33. The number of nitrogens with one attached hydrogen (secondary N) is 1. The van der Waals surface area contributed by atoms with Crippen LogP contribution in [0.2, 0.25) is 0 Å². The molecule has 1 saturated heterocycles. The summed E-state index contributed by atoms with van der Waals surface area (Å²) >= 11 is 0. The van der Waals surface area contributed by atoms with Crippen LogP contribution < -0.4 is 10.1 Å². The highest BCUT2D eigenvalue weighted by Gasteiger charge is 2.19. The van der Waals surface area contributed by atoms with E-state index in [-0.39, 0.29) is 5.91 Å². The van der Waals surface area contributed by atoms with Crippen molar-refractivity contribution in [2.45, 2.75) is 65.6 Å². The molecule has 0 bridgehead atoms. The maximum absolute atomic E-state index is 12.6. The van der Waals surface area contributed by atoms with Crippen molar-refractivity contribution in [1.29, 1.82) is 0 Å². The summed E-state index contributed by atoms with van der Waals surface area (Å²) in [7, 11) is 0. The van der Waals surface area contributed by atoms with Crippen LogP contribution in [0.5, 0.6) is 5.75 Å². The Morgan fingerprint density at radius 1 is 1.03 bits per heavy atom. The highest BCUT2D eigenvalue weighted by atomic mass is 16.5. The predicted octanol–water partition coefficient (Wildman–Crippen LogP) is 4.76. The lowest BCUT2D eigenvalue weighted by atomic mass is 10.1. The number of hydrogen-bond acceptors (Lipinski definition) is 3. The van der Waals surface area contributed by atoms with Crippen LogP contribution >= 0.6 is 0 Å². The van der Waals surface area contributed by atoms with Gasteiger partial charge in [-0.25, -0.2) is 0 Å². The molecule has 0 spiro atoms. The smallest absolute Gasteiger partial charge is 0.261 e. The fourth-order valence-electron chi connectivity index (χ4n) is 3.85. The van der Waals surface area contributed by atoms with E-state index < -0.39 is 6.10 Å². The summed E-state index contributed by atoms with van der Waals surface area (Å²) in [5.74, 6) is 0.713. The minimum Gasteiger partial charge on any atom is -0.480 e. The SMILES string of the molecule is CCC(Oc1ccc(C)cc1C)C(=O)NCc1ccc(CN2CCCCC2)cc1. The zero-order chi connectivity index (χ0) is 20.6. The number of rotatable bonds is 8. The van der Waals surface area contributed by atoms with Gasteiger partial charge in [0.2, 0.25) is 0 Å². The van der Waals surface area contributed by atoms with E-state index in [1.165, 1.54) is 43.5 Å². The van der Waals surface area contributed by atoms with Gasteiger partial charge in [-0.1, -0.05) is 55.3 Å². The predicted molar refractivity (Wildman–Crippen MR) is 118 cm³/mol. The Labute approximate surface area is 175 Å². The molecule has 29 heavy (non-hydrogen) atoms. The Balaban J connectivity index is 1.50. The lowest BCUT2D eigenvalue weighted by molar-refractivity contribution is -0.128. The van der Waals surface area contributed by atoms with Crippen molar-refractivity contribution in [3.05, 3.63) is 64.7 Å². The average molecular weight is 395 g/mol. The number of nitrogens with zero attached hydrogens (tertiary/aromatic N) is 1. The Bertz CT molecular complexity index is 795. The number of benzene rings is 2. The molecule has 1 amide bonds. The Kier molecular flexibility index (Phi) is 7.70. The Morgan fingerprint density at radius 2 is 1.72 bits per heavy atom. The molecule has 0 radical (unpaired) electrons. The van der Waals surface area contributed by atoms with Crippen molar-refractivity contribution < 1.29 is 9.53 Å². The Hall–Kier alpha value is -2.33. The van der Waals surface area contributed by atoms with Crippen LogP contribution in [-0.2, 0) is 17.9 Å². The van der Waals surface area contributed by atoms with Crippen molar-refractivity contribution in [2.24, 2.45) is 0 Å². The van der Waals surface area contributed by atoms with Crippen LogP contribution in [0, 0.1) is 13.8 Å². The molecule has 1 heterocycles. The molecule has 1 aliphatic rings. The number of aryl methyl sites for hydroxylation is 2. The molecule has 0 aliphatic carbocycles. The molecule has 2 aromatic carbocycles. The first-order valence-corrected chi connectivity index (χ1v) is 10.9. The van der Waals surface area contributed by atoms with Gasteiger partial charge in [0.1, 0.15) is 5.75 Å². The van der Waals surface area contributed by atoms with Crippen LogP contribution in [0.25, 0.3) is 0 Å². The van der Waals surface area contributed by atoms with Crippen LogP contribution in [0.3, 0.4) is 0 Å². The van der Waals surface area contributed by atoms with Gasteiger partial charge in [0, 0.05) is 13.1 Å². The van der Waals surface area contributed by atoms with Gasteiger partial charge in [0.25, 0.3) is 5.91 Å². The zero-order valence-corrected chi connectivity index (χ0v) is 18.0. The molecule has 4 heteroatoms. The van der Waals surface area contributed by atoms with Gasteiger partial charge in [-0.15, -0.1) is 0 Å². The van der Waals surface area contributed by atoms with Crippen molar-refractivity contribution >= 4 is 5.91 Å². The van der Waals surface area contributed by atoms with E-state index in [2.05, 4.69) is 47.5 Å². The van der Waals surface area contributed by atoms with Crippen LogP contribution in [0.15, 0.2) is 42.5 Å². The quantitative estimate of drug-likeness (QED) is 0.702. The van der Waals surface area contributed by atoms with Gasteiger partial charge in [0.15, 0.2) is 6.10 Å². The largest absolute Gasteiger partial charge is 0.480 e. The van der Waals surface area contributed by atoms with Gasteiger partial charge >= 0.3 is 0 Å². The van der Waals surface area contributed by atoms with Crippen molar-refractivity contribution in [1.82, 2.24) is 10.2 Å². The van der Waals surface area contributed by atoms with E-state index in [0.717, 1.165) is 23.4 Å². The fraction of sp³-hybridized carbons (Fsp3) is 0.480. The Morgan fingerprint density at radius 3 is 2.38 bits per heavy atom. The van der Waals surface area contributed by atoms with E-state index in [1.54, 1.807) is 0 Å². The summed E-state index contributed by atoms with van der Waals surface area (Å²) in [5, 5.41) is 3.03. The van der Waals surface area contributed by atoms with Gasteiger partial charge in [0.05, 0.1) is 0 Å². The van der Waals surface area contributed by atoms with Gasteiger partial charge in [-0.3, -0.25) is 9.69 Å². The summed E-state index contributed by atoms with van der Waals surface area (Å²) in [6, 6.07) is 14.6. The van der Waals surface area contributed by atoms with Crippen molar-refractivity contribution in [3.8, 4) is 5.75 Å². The fourth-order valence-corrected chi connectivity index (χ4v) is 3.85. The first kappa shape index (κ1) is 21.4. The van der Waals surface area contributed by atoms with Crippen molar-refractivity contribution in [2.75, 3.05) is 13.1 Å². The molecule has 1 N–H and O–H groups in total. The molecule has 4 nitrogen and oxygen atoms in total. The summed E-state index contributed by atoms with van der Waals surface area (Å²) < 4.78 is 5.99. The average Bonchev–Trinajstić information content (AvgIpc) is 2.73. The highest BCUT2D eigenvalue weighted by Crippen LogP contribution is 2.21. The standard InChI is InChI=1S/C25H34N2O2/c1-4-23(29-24-13-8-19(2)16-20(24)3)25(28)26-17-21-9-11-22(12-10-21)18-27-14-6-5-7-15-27/h8-13,16,23H,4-7,14-15,17-18H2,1-3H3,(H,26,28). The third-order valence-corrected chi connectivity index (χ3v) is 5.61. The number of amides is 1. The first-order valence-electron chi connectivity index (χ1n) is 10.9. The molecule has 1 unspecified atom stereocenters. The third-order valence-electron chi connectivity index (χ3n) is 5.61. The minimum absolute atomic E-state index is 0.0649. The molecule has 1 fully saturated rings. The maximum atomic E-state index is 12.6. The van der Waals surface area contributed by atoms with Gasteiger partial charge in [-0.05, 0) is 69.0 Å². The zero-order valence-electron chi connectivity index (χ0n) is 18.0. The van der Waals surface area contributed by atoms with Crippen LogP contribution in [0.1, 0.15) is 54.9 Å². The molecule has 0 aromatic heterocycles. The van der Waals surface area contributed by atoms with Gasteiger partial charge < -0.3 is 10.1 Å². The minimum atomic E-state index is -0.477. The number of carbonyl (C=O) groups excluding carboxylic acids is 1. The van der Waals surface area contributed by atoms with Crippen molar-refractivity contribution in [3.63, 3.8) is 0 Å². The summed E-state index contributed by atoms with van der Waals surface area (Å²) in [5.41, 5.74) is 4.70. The molecule has 2 aromatic rings. The maximum Gasteiger partial charge on any atom is 0.261 e. The summed E-state index contributed by atoms with van der Waals surface area (Å²) in [6.45, 7) is 10.00. The first-order chi connectivity index (χ1) is 14.0. The second-order valence-corrected chi connectivity index (χ2v) is 8.15. The van der Waals surface area contributed by atoms with Crippen LogP contribution in [-0.4, -0.2) is 30.0 Å². The lowest BCUT2D eigenvalue weighted by Crippen LogP contribution is -2.37. The van der Waals surface area contributed by atoms with E-state index in [9.17, 15) is 4.79 Å². The summed E-state index contributed by atoms with van der Waals surface area (Å²) in [6.07, 6.45) is 4.14. The molecule has 156 valence electrons. The molecular weight excluding hydrogens is 360 g/mol. The molecular formula is C25H34N2O2. The van der Waals surface area contributed by atoms with Gasteiger partial charge in [-0.2, -0.15) is 0 Å². The normalized spacial score (nSPS) is 15.7. The number of ether oxygens (including phenoxy) is 1. The topological polar surface area (TPSA) is 41.6 Å². The lowest BCUT2D eigenvalue weighted by Gasteiger charge is -2.26. The van der Waals surface area contributed by atoms with E-state index in [0.29, 0.717) is 13.0 Å². The highest BCUT2D eigenvalue weighted by molar-refractivity contribution is 5.81. The number of likely N-dealkylation sites (tertiary alicyclic amines) is 1. The number of piperidine rings is 1. The number of hydrogen-bond donors (Lipinski definition) is 1. The molecule has 3 rings (SSSR count). The van der Waals surface area contributed by atoms with Crippen LogP contribution in [0.4, 0.5) is 0 Å². The second-order valence-electron chi connectivity index (χ2n) is 8.15.